The van der Waals surface area contributed by atoms with Gasteiger partial charge in [-0.2, -0.15) is 0 Å². The average Bonchev–Trinajstić information content (AvgIpc) is 2.12. The van der Waals surface area contributed by atoms with Gasteiger partial charge < -0.3 is 30.6 Å². The van der Waals surface area contributed by atoms with Crippen LogP contribution in [0.2, 0.25) is 0 Å². The van der Waals surface area contributed by atoms with Crippen LogP contribution >= 0.6 is 0 Å². The summed E-state index contributed by atoms with van der Waals surface area (Å²) >= 11 is 0. The summed E-state index contributed by atoms with van der Waals surface area (Å²) in [4.78, 5) is 20.2. The molecule has 8 nitrogen and oxygen atoms in total. The van der Waals surface area contributed by atoms with Crippen molar-refractivity contribution in [2.75, 3.05) is 0 Å². The summed E-state index contributed by atoms with van der Waals surface area (Å²) < 4.78 is 0. The van der Waals surface area contributed by atoms with E-state index in [1.165, 1.54) is 0 Å². The van der Waals surface area contributed by atoms with Crippen LogP contribution in [0.4, 0.5) is 0 Å². The van der Waals surface area contributed by atoms with Gasteiger partial charge in [-0.05, 0) is 0 Å². The number of hydrogen-bond acceptors (Lipinski definition) is 6. The molecule has 90 valence electrons. The van der Waals surface area contributed by atoms with E-state index in [9.17, 15) is 9.59 Å². The fraction of sp³-hybridized carbons (Fsp3) is 0.714. The van der Waals surface area contributed by atoms with Gasteiger partial charge in [0, 0.05) is 0 Å². The van der Waals surface area contributed by atoms with Crippen LogP contribution in [0.3, 0.4) is 0 Å². The molecular formula is C7H14O8. The Morgan fingerprint density at radius 2 is 0.933 bits per heavy atom. The van der Waals surface area contributed by atoms with Gasteiger partial charge in [-0.1, -0.05) is 7.43 Å². The smallest absolute Gasteiger partial charge is 0.335 e. The van der Waals surface area contributed by atoms with E-state index in [1.54, 1.807) is 0 Å². The van der Waals surface area contributed by atoms with Crippen LogP contribution in [-0.4, -0.2) is 67.0 Å². The maximum Gasteiger partial charge on any atom is 0.335 e. The van der Waals surface area contributed by atoms with E-state index in [-0.39, 0.29) is 7.43 Å². The molecule has 8 heteroatoms. The van der Waals surface area contributed by atoms with Gasteiger partial charge >= 0.3 is 11.9 Å². The van der Waals surface area contributed by atoms with Gasteiger partial charge in [0.15, 0.2) is 12.2 Å². The molecule has 0 heterocycles. The van der Waals surface area contributed by atoms with E-state index in [2.05, 4.69) is 0 Å². The maximum absolute atomic E-state index is 10.1. The van der Waals surface area contributed by atoms with Crippen LogP contribution < -0.4 is 0 Å². The molecule has 6 N–H and O–H groups in total. The van der Waals surface area contributed by atoms with E-state index >= 15 is 0 Å². The number of carboxylic acid groups (broad SMARTS) is 2. The van der Waals surface area contributed by atoms with Crippen LogP contribution in [0.25, 0.3) is 0 Å². The predicted octanol–water partition coefficient (Wildman–Crippen LogP) is -2.76. The van der Waals surface area contributed by atoms with Gasteiger partial charge in [0.2, 0.25) is 0 Å². The predicted molar refractivity (Wildman–Crippen MR) is 46.0 cm³/mol. The van der Waals surface area contributed by atoms with Crippen molar-refractivity contribution in [3.05, 3.63) is 0 Å². The summed E-state index contributed by atoms with van der Waals surface area (Å²) in [5.41, 5.74) is 0. The molecule has 0 aromatic rings. The van der Waals surface area contributed by atoms with Gasteiger partial charge in [0.25, 0.3) is 0 Å². The lowest BCUT2D eigenvalue weighted by atomic mass is 10.0. The Morgan fingerprint density at radius 3 is 1.07 bits per heavy atom. The van der Waals surface area contributed by atoms with E-state index < -0.39 is 36.4 Å². The molecule has 0 saturated heterocycles. The van der Waals surface area contributed by atoms with Crippen molar-refractivity contribution in [3.8, 4) is 0 Å². The standard InChI is InChI=1S/C6H10O8.CH4/c7-1(3(9)5(11)12)2(8)4(10)6(13)14;/h1-4,7-10H,(H,11,12)(H,13,14);1H4/t1-,2-,3-,4+;/m0./s1. The summed E-state index contributed by atoms with van der Waals surface area (Å²) in [5, 5.41) is 51.5. The Labute approximate surface area is 85.0 Å². The van der Waals surface area contributed by atoms with Crippen LogP contribution in [0.5, 0.6) is 0 Å². The quantitative estimate of drug-likeness (QED) is 0.294. The fourth-order valence-corrected chi connectivity index (χ4v) is 0.666. The van der Waals surface area contributed by atoms with E-state index in [0.717, 1.165) is 0 Å². The number of carboxylic acids is 2. The first-order valence-corrected chi connectivity index (χ1v) is 3.47. The van der Waals surface area contributed by atoms with Crippen LogP contribution in [0, 0.1) is 0 Å². The van der Waals surface area contributed by atoms with Gasteiger partial charge in [-0.15, -0.1) is 0 Å². The van der Waals surface area contributed by atoms with Crippen molar-refractivity contribution in [3.63, 3.8) is 0 Å². The molecule has 15 heavy (non-hydrogen) atoms. The first-order chi connectivity index (χ1) is 6.29. The van der Waals surface area contributed by atoms with Gasteiger partial charge in [-0.3, -0.25) is 0 Å². The molecule has 0 spiro atoms. The number of hydrogen-bond donors (Lipinski definition) is 6. The van der Waals surface area contributed by atoms with Crippen molar-refractivity contribution < 1.29 is 40.2 Å². The molecular weight excluding hydrogens is 212 g/mol. The minimum absolute atomic E-state index is 0. The number of carbonyl (C=O) groups is 2. The topological polar surface area (TPSA) is 156 Å². The molecule has 0 amide bonds. The van der Waals surface area contributed by atoms with Crippen molar-refractivity contribution >= 4 is 11.9 Å². The van der Waals surface area contributed by atoms with Gasteiger partial charge in [0.05, 0.1) is 0 Å². The molecule has 0 bridgehead atoms. The van der Waals surface area contributed by atoms with Crippen LogP contribution in [-0.2, 0) is 9.59 Å². The molecule has 0 aliphatic rings. The molecule has 4 atom stereocenters. The Hall–Kier alpha value is -1.22. The second-order valence-corrected chi connectivity index (χ2v) is 2.55. The lowest BCUT2D eigenvalue weighted by Gasteiger charge is -2.21. The zero-order valence-corrected chi connectivity index (χ0v) is 6.81. The zero-order chi connectivity index (χ0) is 11.5. The first-order valence-electron chi connectivity index (χ1n) is 3.47. The zero-order valence-electron chi connectivity index (χ0n) is 6.81. The highest BCUT2D eigenvalue weighted by Crippen LogP contribution is 2.05. The monoisotopic (exact) mass is 226 g/mol. The SMILES string of the molecule is C.O=C(O)[C@@H](O)[C@@H](O)[C@H](O)[C@@H](O)C(=O)O. The third kappa shape index (κ3) is 4.21. The summed E-state index contributed by atoms with van der Waals surface area (Å²) in [7, 11) is 0. The van der Waals surface area contributed by atoms with E-state index in [4.69, 9.17) is 30.6 Å². The Morgan fingerprint density at radius 1 is 0.733 bits per heavy atom. The van der Waals surface area contributed by atoms with E-state index in [0.29, 0.717) is 0 Å². The molecule has 0 aliphatic heterocycles. The Bertz CT molecular complexity index is 203. The fourth-order valence-electron chi connectivity index (χ4n) is 0.666. The van der Waals surface area contributed by atoms with E-state index in [1.807, 2.05) is 0 Å². The number of aliphatic hydroxyl groups excluding tert-OH is 4. The van der Waals surface area contributed by atoms with Crippen molar-refractivity contribution in [1.82, 2.24) is 0 Å². The van der Waals surface area contributed by atoms with Crippen molar-refractivity contribution in [2.24, 2.45) is 0 Å². The van der Waals surface area contributed by atoms with Gasteiger partial charge in [-0.25, -0.2) is 9.59 Å². The minimum Gasteiger partial charge on any atom is -0.479 e. The number of rotatable bonds is 5. The Balaban J connectivity index is 0. The third-order valence-corrected chi connectivity index (χ3v) is 1.50. The maximum atomic E-state index is 10.1. The highest BCUT2D eigenvalue weighted by atomic mass is 16.4. The molecule has 0 radical (unpaired) electrons. The lowest BCUT2D eigenvalue weighted by Crippen LogP contribution is -2.49. The second-order valence-electron chi connectivity index (χ2n) is 2.55. The second kappa shape index (κ2) is 6.30. The van der Waals surface area contributed by atoms with Crippen LogP contribution in [0.15, 0.2) is 0 Å². The summed E-state index contributed by atoms with van der Waals surface area (Å²) in [5.74, 6) is -3.68. The molecule has 0 aliphatic carbocycles. The Kier molecular flexibility index (Phi) is 6.81. The first kappa shape index (κ1) is 16.2. The highest BCUT2D eigenvalue weighted by Gasteiger charge is 2.37. The molecule has 0 saturated carbocycles. The summed E-state index contributed by atoms with van der Waals surface area (Å²) in [6, 6.07) is 0. The summed E-state index contributed by atoms with van der Waals surface area (Å²) in [6.45, 7) is 0. The molecule has 0 fully saturated rings. The minimum atomic E-state index is -2.36. The molecule has 0 unspecified atom stereocenters. The average molecular weight is 226 g/mol. The largest absolute Gasteiger partial charge is 0.479 e. The number of aliphatic hydroxyl groups is 4. The molecule has 0 rings (SSSR count). The van der Waals surface area contributed by atoms with Crippen molar-refractivity contribution in [2.45, 2.75) is 31.8 Å². The molecule has 0 aromatic heterocycles. The van der Waals surface area contributed by atoms with Crippen LogP contribution in [0.1, 0.15) is 7.43 Å². The normalized spacial score (nSPS) is 18.1. The molecule has 0 aromatic carbocycles. The van der Waals surface area contributed by atoms with Crippen molar-refractivity contribution in [1.29, 1.82) is 0 Å². The lowest BCUT2D eigenvalue weighted by molar-refractivity contribution is -0.172. The van der Waals surface area contributed by atoms with Gasteiger partial charge in [0.1, 0.15) is 12.2 Å². The highest BCUT2D eigenvalue weighted by molar-refractivity contribution is 5.75. The number of aliphatic carboxylic acids is 2. The summed E-state index contributed by atoms with van der Waals surface area (Å²) in [6.07, 6.45) is -9.28. The third-order valence-electron chi connectivity index (χ3n) is 1.50.